The first-order chi connectivity index (χ1) is 22.6. The molecule has 0 bridgehead atoms. The number of rotatable bonds is 9. The number of halogens is 8. The molecule has 0 saturated carbocycles. The first-order valence-electron chi connectivity index (χ1n) is 14.3. The van der Waals surface area contributed by atoms with Crippen LogP contribution in [0.5, 0.6) is 0 Å². The molecule has 19 heteroatoms. The van der Waals surface area contributed by atoms with Crippen LogP contribution in [0.1, 0.15) is 47.4 Å². The number of alkyl halides is 6. The number of ether oxygens (including phenoxy) is 2. The fourth-order valence-electron chi connectivity index (χ4n) is 5.46. The molecule has 2 aliphatic rings. The lowest BCUT2D eigenvalue weighted by atomic mass is 9.93. The van der Waals surface area contributed by atoms with Crippen molar-refractivity contribution in [2.45, 2.75) is 43.3 Å². The van der Waals surface area contributed by atoms with Crippen LogP contribution in [-0.4, -0.2) is 74.4 Å². The molecule has 0 spiro atoms. The number of hydrogen-bond acceptors (Lipinski definition) is 8. The van der Waals surface area contributed by atoms with E-state index in [0.717, 1.165) is 19.2 Å². The number of carbonyl (C=O) groups excluding carboxylic acids is 3. The van der Waals surface area contributed by atoms with E-state index in [4.69, 9.17) is 9.47 Å². The van der Waals surface area contributed by atoms with Gasteiger partial charge in [-0.2, -0.15) is 26.3 Å². The second kappa shape index (κ2) is 14.8. The van der Waals surface area contributed by atoms with Gasteiger partial charge in [0.05, 0.1) is 42.3 Å². The van der Waals surface area contributed by atoms with E-state index in [9.17, 15) is 49.5 Å². The number of imide groups is 1. The summed E-state index contributed by atoms with van der Waals surface area (Å²) < 4.78 is 119. The molecule has 1 aromatic carbocycles. The smallest absolute Gasteiger partial charge is 0.433 e. The summed E-state index contributed by atoms with van der Waals surface area (Å²) in [4.78, 5) is 43.1. The molecule has 48 heavy (non-hydrogen) atoms. The molecule has 3 atom stereocenters. The van der Waals surface area contributed by atoms with Crippen LogP contribution in [0.25, 0.3) is 0 Å². The third-order valence-electron chi connectivity index (χ3n) is 7.59. The fourth-order valence-corrected chi connectivity index (χ4v) is 5.46. The van der Waals surface area contributed by atoms with Gasteiger partial charge in [-0.3, -0.25) is 0 Å². The monoisotopic (exact) mass is 694 g/mol. The third kappa shape index (κ3) is 8.19. The van der Waals surface area contributed by atoms with Crippen molar-refractivity contribution in [3.63, 3.8) is 0 Å². The molecule has 1 fully saturated rings. The van der Waals surface area contributed by atoms with Crippen LogP contribution in [-0.2, 0) is 26.6 Å². The number of urea groups is 2. The molecule has 1 saturated heterocycles. The number of methoxy groups -OCH3 is 2. The van der Waals surface area contributed by atoms with Gasteiger partial charge in [0.15, 0.2) is 11.6 Å². The number of carbonyl (C=O) groups is 3. The van der Waals surface area contributed by atoms with E-state index in [1.807, 2.05) is 0 Å². The van der Waals surface area contributed by atoms with Crippen LogP contribution in [0.2, 0.25) is 0 Å². The van der Waals surface area contributed by atoms with Gasteiger partial charge in [-0.25, -0.2) is 33.0 Å². The third-order valence-corrected chi connectivity index (χ3v) is 7.59. The van der Waals surface area contributed by atoms with Crippen LogP contribution in [0.3, 0.4) is 0 Å². The Kier molecular flexibility index (Phi) is 11.3. The van der Waals surface area contributed by atoms with Crippen molar-refractivity contribution in [3.8, 4) is 0 Å². The van der Waals surface area contributed by atoms with Gasteiger partial charge < -0.3 is 30.7 Å². The molecule has 1 aromatic heterocycles. The zero-order chi connectivity index (χ0) is 35.4. The van der Waals surface area contributed by atoms with Crippen LogP contribution in [0.4, 0.5) is 44.7 Å². The molecule has 3 heterocycles. The average molecular weight is 695 g/mol. The minimum Gasteiger partial charge on any atom is -0.466 e. The van der Waals surface area contributed by atoms with E-state index in [1.54, 1.807) is 0 Å². The van der Waals surface area contributed by atoms with Crippen LogP contribution in [0, 0.1) is 11.6 Å². The predicted molar refractivity (Wildman–Crippen MR) is 150 cm³/mol. The number of piperidine rings is 1. The number of nitrogens with zero attached hydrogens (tertiary/aromatic N) is 2. The summed E-state index contributed by atoms with van der Waals surface area (Å²) in [5, 5.41) is 10.6. The van der Waals surface area contributed by atoms with Gasteiger partial charge in [-0.15, -0.1) is 0 Å². The second-order valence-electron chi connectivity index (χ2n) is 10.7. The lowest BCUT2D eigenvalue weighted by Gasteiger charge is -2.36. The molecule has 2 aromatic rings. The topological polar surface area (TPSA) is 134 Å². The van der Waals surface area contributed by atoms with Crippen molar-refractivity contribution in [1.82, 2.24) is 31.2 Å². The maximum absolute atomic E-state index is 14.3. The molecule has 4 rings (SSSR count). The zero-order valence-corrected chi connectivity index (χ0v) is 25.3. The summed E-state index contributed by atoms with van der Waals surface area (Å²) in [5.41, 5.74) is -4.08. The highest BCUT2D eigenvalue weighted by Gasteiger charge is 2.44. The minimum absolute atomic E-state index is 0.00873. The molecular formula is C29H30F8N6O5. The SMILES string of the molecule is COCC1=C(C(=O)OC)[C@H](c2ccc(F)c(F)c2)N(C(=O)NCCNC2CCNC(c3nc(C(F)(F)F)ccc3C(F)(F)F)C2)C(=O)N1. The van der Waals surface area contributed by atoms with Crippen molar-refractivity contribution in [3.05, 3.63) is 75.8 Å². The Bertz CT molecular complexity index is 1570. The van der Waals surface area contributed by atoms with Gasteiger partial charge in [0.1, 0.15) is 11.7 Å². The fraction of sp³-hybridized carbons (Fsp3) is 0.448. The number of amides is 4. The van der Waals surface area contributed by atoms with E-state index < -0.39 is 77.1 Å². The van der Waals surface area contributed by atoms with Crippen molar-refractivity contribution in [2.75, 3.05) is 40.5 Å². The molecule has 262 valence electrons. The van der Waals surface area contributed by atoms with Crippen LogP contribution >= 0.6 is 0 Å². The van der Waals surface area contributed by atoms with E-state index in [0.29, 0.717) is 23.5 Å². The molecule has 0 radical (unpaired) electrons. The normalized spacial score (nSPS) is 20.4. The lowest BCUT2D eigenvalue weighted by molar-refractivity contribution is -0.145. The van der Waals surface area contributed by atoms with E-state index in [2.05, 4.69) is 26.3 Å². The Morgan fingerprint density at radius 2 is 1.75 bits per heavy atom. The standard InChI is InChI=1S/C29H30F8N6O5/c1-47-13-20-22(25(44)48-2)24(14-3-5-17(30)18(31)11-14)43(27(46)41-20)26(45)40-10-9-38-15-7-8-39-19(12-15)23-16(28(32,33)34)4-6-21(42-23)29(35,36)37/h3-6,11,15,19,24,38-39H,7-10,12-13H2,1-2H3,(H,40,45)(H,41,46)/t15?,19?,24-/m0/s1. The van der Waals surface area contributed by atoms with Crippen molar-refractivity contribution in [2.24, 2.45) is 0 Å². The van der Waals surface area contributed by atoms with Gasteiger partial charge in [-0.1, -0.05) is 6.07 Å². The van der Waals surface area contributed by atoms with Gasteiger partial charge in [0.25, 0.3) is 0 Å². The Morgan fingerprint density at radius 3 is 2.38 bits per heavy atom. The summed E-state index contributed by atoms with van der Waals surface area (Å²) >= 11 is 0. The van der Waals surface area contributed by atoms with E-state index >= 15 is 0 Å². The maximum atomic E-state index is 14.3. The Balaban J connectivity index is 1.48. The van der Waals surface area contributed by atoms with E-state index in [-0.39, 0.29) is 55.6 Å². The largest absolute Gasteiger partial charge is 0.466 e. The molecule has 11 nitrogen and oxygen atoms in total. The van der Waals surface area contributed by atoms with Gasteiger partial charge >= 0.3 is 30.4 Å². The zero-order valence-electron chi connectivity index (χ0n) is 25.3. The molecule has 4 amide bonds. The first-order valence-corrected chi connectivity index (χ1v) is 14.3. The summed E-state index contributed by atoms with van der Waals surface area (Å²) in [6.45, 7) is -0.363. The molecular weight excluding hydrogens is 664 g/mol. The number of aromatic nitrogens is 1. The second-order valence-corrected chi connectivity index (χ2v) is 10.7. The minimum atomic E-state index is -4.96. The van der Waals surface area contributed by atoms with Gasteiger partial charge in [0, 0.05) is 26.2 Å². The number of benzene rings is 1. The van der Waals surface area contributed by atoms with Crippen molar-refractivity contribution >= 4 is 18.0 Å². The number of esters is 1. The molecule has 0 aliphatic carbocycles. The summed E-state index contributed by atoms with van der Waals surface area (Å²) in [6.07, 6.45) is -9.62. The highest BCUT2D eigenvalue weighted by molar-refractivity contribution is 6.01. The number of pyridine rings is 1. The predicted octanol–water partition coefficient (Wildman–Crippen LogP) is 4.33. The number of hydrogen-bond donors (Lipinski definition) is 4. The number of nitrogens with one attached hydrogen (secondary N) is 4. The Labute approximate surface area is 268 Å². The summed E-state index contributed by atoms with van der Waals surface area (Å²) in [7, 11) is 2.30. The maximum Gasteiger partial charge on any atom is 0.433 e. The highest BCUT2D eigenvalue weighted by Crippen LogP contribution is 2.39. The van der Waals surface area contributed by atoms with Crippen LogP contribution in [0.15, 0.2) is 41.6 Å². The first kappa shape index (κ1) is 36.5. The molecule has 2 aliphatic heterocycles. The van der Waals surface area contributed by atoms with Gasteiger partial charge in [-0.05, 0) is 49.2 Å². The summed E-state index contributed by atoms with van der Waals surface area (Å²) in [5.74, 6) is -3.54. The van der Waals surface area contributed by atoms with E-state index in [1.165, 1.54) is 7.11 Å². The highest BCUT2D eigenvalue weighted by atomic mass is 19.4. The Morgan fingerprint density at radius 1 is 1.02 bits per heavy atom. The van der Waals surface area contributed by atoms with Gasteiger partial charge in [0.2, 0.25) is 0 Å². The van der Waals surface area contributed by atoms with Crippen LogP contribution < -0.4 is 21.3 Å². The van der Waals surface area contributed by atoms with Crippen molar-refractivity contribution < 1.29 is 59.0 Å². The Hall–Kier alpha value is -4.36. The molecule has 4 N–H and O–H groups in total. The molecule has 2 unspecified atom stereocenters. The lowest BCUT2D eigenvalue weighted by Crippen LogP contribution is -2.56. The average Bonchev–Trinajstić information content (AvgIpc) is 3.03. The quantitative estimate of drug-likeness (QED) is 0.173. The summed E-state index contributed by atoms with van der Waals surface area (Å²) in [6, 6.07) is -2.20. The van der Waals surface area contributed by atoms with Crippen molar-refractivity contribution in [1.29, 1.82) is 0 Å².